The largest absolute Gasteiger partial charge is 0.469 e. The van der Waals surface area contributed by atoms with Crippen LogP contribution < -0.4 is 10.1 Å². The highest BCUT2D eigenvalue weighted by molar-refractivity contribution is 5.71. The summed E-state index contributed by atoms with van der Waals surface area (Å²) in [6.07, 6.45) is 0.0815. The van der Waals surface area contributed by atoms with Crippen LogP contribution in [0.1, 0.15) is 18.9 Å². The van der Waals surface area contributed by atoms with E-state index in [1.54, 1.807) is 26.1 Å². The number of esters is 1. The molecule has 0 aromatic heterocycles. The molecule has 106 valence electrons. The summed E-state index contributed by atoms with van der Waals surface area (Å²) in [5.41, 5.74) is -0.0484. The molecular formula is C13H17F2NO3. The van der Waals surface area contributed by atoms with E-state index in [0.29, 0.717) is 5.56 Å². The molecule has 0 aliphatic rings. The Labute approximate surface area is 110 Å². The third kappa shape index (κ3) is 4.17. The fourth-order valence-corrected chi connectivity index (χ4v) is 1.71. The summed E-state index contributed by atoms with van der Waals surface area (Å²) in [5.74, 6) is -0.337. The quantitative estimate of drug-likeness (QED) is 0.808. The molecule has 0 aliphatic heterocycles. The third-order valence-electron chi connectivity index (χ3n) is 2.97. The maximum absolute atomic E-state index is 12.2. The minimum Gasteiger partial charge on any atom is -0.469 e. The zero-order valence-corrected chi connectivity index (χ0v) is 11.1. The number of rotatable bonds is 6. The van der Waals surface area contributed by atoms with E-state index in [0.717, 1.165) is 0 Å². The number of benzene rings is 1. The van der Waals surface area contributed by atoms with Gasteiger partial charge in [0.15, 0.2) is 0 Å². The first kappa shape index (κ1) is 15.4. The van der Waals surface area contributed by atoms with Gasteiger partial charge in [-0.1, -0.05) is 12.1 Å². The van der Waals surface area contributed by atoms with Crippen LogP contribution in [0.25, 0.3) is 0 Å². The van der Waals surface area contributed by atoms with Gasteiger partial charge in [0, 0.05) is 0 Å². The zero-order valence-electron chi connectivity index (χ0n) is 11.1. The highest BCUT2D eigenvalue weighted by Crippen LogP contribution is 2.28. The van der Waals surface area contributed by atoms with E-state index < -0.39 is 18.1 Å². The molecule has 19 heavy (non-hydrogen) atoms. The molecule has 1 unspecified atom stereocenters. The Morgan fingerprint density at radius 1 is 1.47 bits per heavy atom. The second kappa shape index (κ2) is 6.47. The normalized spacial score (nSPS) is 14.0. The number of methoxy groups -OCH3 is 1. The Morgan fingerprint density at radius 3 is 2.68 bits per heavy atom. The molecule has 0 spiro atoms. The summed E-state index contributed by atoms with van der Waals surface area (Å²) in [6, 6.07) is 6.24. The van der Waals surface area contributed by atoms with Crippen LogP contribution in [-0.4, -0.2) is 26.7 Å². The molecule has 0 bridgehead atoms. The lowest BCUT2D eigenvalue weighted by Gasteiger charge is -2.29. The minimum atomic E-state index is -2.88. The molecule has 1 N–H and O–H groups in total. The maximum Gasteiger partial charge on any atom is 0.387 e. The van der Waals surface area contributed by atoms with E-state index in [1.165, 1.54) is 19.2 Å². The number of alkyl halides is 2. The number of carbonyl (C=O) groups is 1. The summed E-state index contributed by atoms with van der Waals surface area (Å²) in [5, 5.41) is 3.00. The van der Waals surface area contributed by atoms with Gasteiger partial charge in [-0.25, -0.2) is 0 Å². The van der Waals surface area contributed by atoms with Gasteiger partial charge in [-0.2, -0.15) is 8.78 Å². The van der Waals surface area contributed by atoms with Gasteiger partial charge in [0.05, 0.1) is 19.1 Å². The van der Waals surface area contributed by atoms with Gasteiger partial charge in [-0.3, -0.25) is 4.79 Å². The van der Waals surface area contributed by atoms with Crippen LogP contribution in [-0.2, 0) is 15.1 Å². The first-order valence-electron chi connectivity index (χ1n) is 5.72. The number of hydrogen-bond donors (Lipinski definition) is 1. The molecule has 1 aromatic rings. The van der Waals surface area contributed by atoms with Crippen molar-refractivity contribution in [1.82, 2.24) is 5.32 Å². The van der Waals surface area contributed by atoms with Crippen molar-refractivity contribution < 1.29 is 23.0 Å². The third-order valence-corrected chi connectivity index (χ3v) is 2.97. The number of halogens is 2. The number of ether oxygens (including phenoxy) is 2. The summed E-state index contributed by atoms with van der Waals surface area (Å²) in [6.45, 7) is -1.09. The molecule has 1 atom stereocenters. The van der Waals surface area contributed by atoms with Gasteiger partial charge in [0.25, 0.3) is 0 Å². The fraction of sp³-hybridized carbons (Fsp3) is 0.462. The number of carbonyl (C=O) groups excluding carboxylic acids is 1. The van der Waals surface area contributed by atoms with Crippen molar-refractivity contribution >= 4 is 5.97 Å². The van der Waals surface area contributed by atoms with E-state index >= 15 is 0 Å². The van der Waals surface area contributed by atoms with Crippen molar-refractivity contribution in [2.45, 2.75) is 25.5 Å². The molecule has 1 aromatic carbocycles. The molecule has 0 saturated carbocycles. The Kier molecular flexibility index (Phi) is 5.23. The van der Waals surface area contributed by atoms with Crippen molar-refractivity contribution in [2.75, 3.05) is 14.2 Å². The summed E-state index contributed by atoms with van der Waals surface area (Å²) < 4.78 is 33.3. The van der Waals surface area contributed by atoms with Crippen LogP contribution in [0.15, 0.2) is 24.3 Å². The standard InChI is InChI=1S/C13H17F2NO3/c1-13(16-2,8-11(17)18-3)9-5-4-6-10(7-9)19-12(14)15/h4-7,12,16H,8H2,1-3H3. The topological polar surface area (TPSA) is 47.6 Å². The van der Waals surface area contributed by atoms with Crippen LogP contribution in [0.5, 0.6) is 5.75 Å². The molecular weight excluding hydrogens is 256 g/mol. The molecule has 0 heterocycles. The Morgan fingerprint density at radius 2 is 2.16 bits per heavy atom. The SMILES string of the molecule is CNC(C)(CC(=O)OC)c1cccc(OC(F)F)c1. The molecule has 0 amide bonds. The van der Waals surface area contributed by atoms with Crippen molar-refractivity contribution in [1.29, 1.82) is 0 Å². The second-order valence-electron chi connectivity index (χ2n) is 4.24. The van der Waals surface area contributed by atoms with Crippen LogP contribution in [0.3, 0.4) is 0 Å². The average molecular weight is 273 g/mol. The fourth-order valence-electron chi connectivity index (χ4n) is 1.71. The first-order chi connectivity index (χ1) is 8.91. The van der Waals surface area contributed by atoms with Gasteiger partial charge in [0.1, 0.15) is 5.75 Å². The van der Waals surface area contributed by atoms with E-state index in [-0.39, 0.29) is 12.2 Å². The van der Waals surface area contributed by atoms with Gasteiger partial charge in [-0.05, 0) is 31.7 Å². The lowest BCUT2D eigenvalue weighted by Crippen LogP contribution is -2.39. The lowest BCUT2D eigenvalue weighted by molar-refractivity contribution is -0.142. The van der Waals surface area contributed by atoms with Gasteiger partial charge >= 0.3 is 12.6 Å². The molecule has 4 nitrogen and oxygen atoms in total. The van der Waals surface area contributed by atoms with Crippen LogP contribution in [0, 0.1) is 0 Å². The predicted molar refractivity (Wildman–Crippen MR) is 66.1 cm³/mol. The Bertz CT molecular complexity index is 440. The molecule has 0 fully saturated rings. The highest BCUT2D eigenvalue weighted by atomic mass is 19.3. The molecule has 0 aliphatic carbocycles. The zero-order chi connectivity index (χ0) is 14.5. The maximum atomic E-state index is 12.2. The second-order valence-corrected chi connectivity index (χ2v) is 4.24. The minimum absolute atomic E-state index is 0.0545. The summed E-state index contributed by atoms with van der Waals surface area (Å²) in [7, 11) is 2.98. The van der Waals surface area contributed by atoms with Gasteiger partial charge in [-0.15, -0.1) is 0 Å². The molecule has 0 saturated heterocycles. The summed E-state index contributed by atoms with van der Waals surface area (Å²) >= 11 is 0. The van der Waals surface area contributed by atoms with E-state index in [9.17, 15) is 13.6 Å². The van der Waals surface area contributed by atoms with Crippen molar-refractivity contribution in [3.63, 3.8) is 0 Å². The van der Waals surface area contributed by atoms with Gasteiger partial charge in [0.2, 0.25) is 0 Å². The lowest BCUT2D eigenvalue weighted by atomic mass is 9.88. The smallest absolute Gasteiger partial charge is 0.387 e. The van der Waals surface area contributed by atoms with Crippen molar-refractivity contribution in [3.8, 4) is 5.75 Å². The van der Waals surface area contributed by atoms with Crippen LogP contribution >= 0.6 is 0 Å². The monoisotopic (exact) mass is 273 g/mol. The van der Waals surface area contributed by atoms with E-state index in [2.05, 4.69) is 14.8 Å². The van der Waals surface area contributed by atoms with E-state index in [4.69, 9.17) is 0 Å². The van der Waals surface area contributed by atoms with Crippen molar-refractivity contribution in [2.24, 2.45) is 0 Å². The molecule has 0 radical (unpaired) electrons. The summed E-state index contributed by atoms with van der Waals surface area (Å²) in [4.78, 5) is 11.4. The molecule has 6 heteroatoms. The number of nitrogens with one attached hydrogen (secondary N) is 1. The highest BCUT2D eigenvalue weighted by Gasteiger charge is 2.28. The first-order valence-corrected chi connectivity index (χ1v) is 5.72. The van der Waals surface area contributed by atoms with Gasteiger partial charge < -0.3 is 14.8 Å². The van der Waals surface area contributed by atoms with E-state index in [1.807, 2.05) is 0 Å². The molecule has 1 rings (SSSR count). The average Bonchev–Trinajstić information content (AvgIpc) is 2.38. The Balaban J connectivity index is 3.00. The number of hydrogen-bond acceptors (Lipinski definition) is 4. The van der Waals surface area contributed by atoms with Crippen LogP contribution in [0.4, 0.5) is 8.78 Å². The predicted octanol–water partition coefficient (Wildman–Crippen LogP) is 2.29. The van der Waals surface area contributed by atoms with Crippen LogP contribution in [0.2, 0.25) is 0 Å². The van der Waals surface area contributed by atoms with Crippen molar-refractivity contribution in [3.05, 3.63) is 29.8 Å². The Hall–Kier alpha value is -1.69.